The molecule has 0 spiro atoms. The van der Waals surface area contributed by atoms with Crippen molar-refractivity contribution in [2.45, 2.75) is 39.5 Å². The van der Waals surface area contributed by atoms with E-state index in [0.717, 1.165) is 5.92 Å². The van der Waals surface area contributed by atoms with Crippen molar-refractivity contribution in [2.75, 3.05) is 0 Å². The molecule has 0 heterocycles. The first kappa shape index (κ1) is 9.52. The van der Waals surface area contributed by atoms with Crippen LogP contribution in [0.5, 0.6) is 0 Å². The summed E-state index contributed by atoms with van der Waals surface area (Å²) in [6.45, 7) is 8.02. The van der Waals surface area contributed by atoms with Crippen molar-refractivity contribution in [1.82, 2.24) is 0 Å². The summed E-state index contributed by atoms with van der Waals surface area (Å²) >= 11 is 0. The fraction of sp³-hybridized carbons (Fsp3) is 0.700. The van der Waals surface area contributed by atoms with Crippen molar-refractivity contribution in [3.05, 3.63) is 18.4 Å². The second-order valence-corrected chi connectivity index (χ2v) is 2.68. The highest BCUT2D eigenvalue weighted by molar-refractivity contribution is 4.83. The molecule has 0 rings (SSSR count). The van der Waals surface area contributed by atoms with Gasteiger partial charge >= 0.3 is 0 Å². The molecule has 0 N–H and O–H groups in total. The van der Waals surface area contributed by atoms with Crippen molar-refractivity contribution in [2.24, 2.45) is 5.92 Å². The molecule has 0 amide bonds. The van der Waals surface area contributed by atoms with Crippen LogP contribution in [0.2, 0.25) is 0 Å². The van der Waals surface area contributed by atoms with E-state index >= 15 is 0 Å². The minimum atomic E-state index is 0.720. The molecule has 0 saturated heterocycles. The van der Waals surface area contributed by atoms with Gasteiger partial charge in [0.15, 0.2) is 0 Å². The summed E-state index contributed by atoms with van der Waals surface area (Å²) in [7, 11) is 0. The minimum Gasteiger partial charge on any atom is -0.133 e. The van der Waals surface area contributed by atoms with E-state index in [4.69, 9.17) is 0 Å². The summed E-state index contributed by atoms with van der Waals surface area (Å²) in [4.78, 5) is 0. The van der Waals surface area contributed by atoms with E-state index in [-0.39, 0.29) is 0 Å². The van der Waals surface area contributed by atoms with Gasteiger partial charge in [-0.3, -0.25) is 0 Å². The SMILES string of the molecule is C=C=CC(CC)CCCC. The summed E-state index contributed by atoms with van der Waals surface area (Å²) in [6.07, 6.45) is 7.24. The van der Waals surface area contributed by atoms with Crippen molar-refractivity contribution < 1.29 is 0 Å². The van der Waals surface area contributed by atoms with Crippen LogP contribution in [0.15, 0.2) is 18.4 Å². The summed E-state index contributed by atoms with van der Waals surface area (Å²) < 4.78 is 0. The molecule has 0 nitrogen and oxygen atoms in total. The van der Waals surface area contributed by atoms with Crippen LogP contribution < -0.4 is 0 Å². The lowest BCUT2D eigenvalue weighted by molar-refractivity contribution is 0.541. The van der Waals surface area contributed by atoms with Gasteiger partial charge in [0, 0.05) is 0 Å². The van der Waals surface area contributed by atoms with Gasteiger partial charge in [-0.2, -0.15) is 0 Å². The van der Waals surface area contributed by atoms with Crippen LogP contribution in [-0.4, -0.2) is 0 Å². The van der Waals surface area contributed by atoms with Crippen molar-refractivity contribution >= 4 is 0 Å². The van der Waals surface area contributed by atoms with Crippen LogP contribution in [0, 0.1) is 5.92 Å². The molecule has 0 fully saturated rings. The largest absolute Gasteiger partial charge is 0.133 e. The zero-order chi connectivity index (χ0) is 7.82. The van der Waals surface area contributed by atoms with Gasteiger partial charge in [-0.25, -0.2) is 0 Å². The van der Waals surface area contributed by atoms with E-state index in [1.165, 1.54) is 25.7 Å². The van der Waals surface area contributed by atoms with Crippen LogP contribution in [0.25, 0.3) is 0 Å². The summed E-state index contributed by atoms with van der Waals surface area (Å²) in [5, 5.41) is 0. The van der Waals surface area contributed by atoms with Crippen molar-refractivity contribution in [3.63, 3.8) is 0 Å². The van der Waals surface area contributed by atoms with Gasteiger partial charge in [-0.1, -0.05) is 33.3 Å². The maximum absolute atomic E-state index is 3.58. The van der Waals surface area contributed by atoms with Crippen molar-refractivity contribution in [3.8, 4) is 0 Å². The molecule has 0 bridgehead atoms. The Labute approximate surface area is 64.6 Å². The van der Waals surface area contributed by atoms with Gasteiger partial charge in [0.05, 0.1) is 0 Å². The molecule has 0 aromatic rings. The maximum Gasteiger partial charge on any atom is -0.0160 e. The third-order valence-corrected chi connectivity index (χ3v) is 1.81. The Bertz CT molecular complexity index is 107. The highest BCUT2D eigenvalue weighted by atomic mass is 14.0. The van der Waals surface area contributed by atoms with E-state index in [2.05, 4.69) is 32.2 Å². The fourth-order valence-corrected chi connectivity index (χ4v) is 1.04. The Hall–Kier alpha value is -0.480. The standard InChI is InChI=1S/C10H18/c1-4-7-9-10(6-3)8-5-2/h8,10H,2,4,6-7,9H2,1,3H3. The topological polar surface area (TPSA) is 0 Å². The van der Waals surface area contributed by atoms with Gasteiger partial charge in [-0.05, 0) is 24.8 Å². The third-order valence-electron chi connectivity index (χ3n) is 1.81. The zero-order valence-electron chi connectivity index (χ0n) is 7.19. The molecule has 0 radical (unpaired) electrons. The first-order valence-electron chi connectivity index (χ1n) is 4.21. The predicted molar refractivity (Wildman–Crippen MR) is 47.0 cm³/mol. The molecular weight excluding hydrogens is 120 g/mol. The van der Waals surface area contributed by atoms with E-state index < -0.39 is 0 Å². The normalized spacial score (nSPS) is 12.2. The average molecular weight is 138 g/mol. The molecule has 0 heteroatoms. The predicted octanol–water partition coefficient (Wildman–Crippen LogP) is 3.54. The number of rotatable bonds is 5. The summed E-state index contributed by atoms with van der Waals surface area (Å²) in [6, 6.07) is 0. The van der Waals surface area contributed by atoms with Gasteiger partial charge in [-0.15, -0.1) is 5.73 Å². The molecule has 10 heavy (non-hydrogen) atoms. The van der Waals surface area contributed by atoms with Crippen LogP contribution in [0.1, 0.15) is 39.5 Å². The van der Waals surface area contributed by atoms with Gasteiger partial charge in [0.25, 0.3) is 0 Å². The van der Waals surface area contributed by atoms with Gasteiger partial charge in [0.1, 0.15) is 0 Å². The van der Waals surface area contributed by atoms with E-state index in [0.29, 0.717) is 0 Å². The summed E-state index contributed by atoms with van der Waals surface area (Å²) in [5.74, 6) is 0.720. The maximum atomic E-state index is 3.58. The lowest BCUT2D eigenvalue weighted by atomic mass is 10.00. The van der Waals surface area contributed by atoms with Crippen LogP contribution in [0.3, 0.4) is 0 Å². The van der Waals surface area contributed by atoms with E-state index in [1.807, 2.05) is 0 Å². The first-order chi connectivity index (χ1) is 4.85. The number of hydrogen-bond donors (Lipinski definition) is 0. The number of unbranched alkanes of at least 4 members (excludes halogenated alkanes) is 1. The molecule has 1 atom stereocenters. The first-order valence-corrected chi connectivity index (χ1v) is 4.21. The monoisotopic (exact) mass is 138 g/mol. The zero-order valence-corrected chi connectivity index (χ0v) is 7.19. The smallest absolute Gasteiger partial charge is 0.0160 e. The van der Waals surface area contributed by atoms with E-state index in [1.54, 1.807) is 0 Å². The molecule has 0 aliphatic carbocycles. The minimum absolute atomic E-state index is 0.720. The molecule has 0 aliphatic heterocycles. The fourth-order valence-electron chi connectivity index (χ4n) is 1.04. The second kappa shape index (κ2) is 6.64. The Morgan fingerprint density at radius 2 is 2.20 bits per heavy atom. The molecule has 58 valence electrons. The highest BCUT2D eigenvalue weighted by Crippen LogP contribution is 2.12. The van der Waals surface area contributed by atoms with Gasteiger partial charge < -0.3 is 0 Å². The second-order valence-electron chi connectivity index (χ2n) is 2.68. The molecule has 1 unspecified atom stereocenters. The molecule has 0 aromatic heterocycles. The van der Waals surface area contributed by atoms with Gasteiger partial charge in [0.2, 0.25) is 0 Å². The van der Waals surface area contributed by atoms with Crippen LogP contribution in [0.4, 0.5) is 0 Å². The Kier molecular flexibility index (Phi) is 6.32. The Morgan fingerprint density at radius 1 is 1.50 bits per heavy atom. The molecule has 0 saturated carbocycles. The Balaban J connectivity index is 3.49. The van der Waals surface area contributed by atoms with Crippen molar-refractivity contribution in [1.29, 1.82) is 0 Å². The van der Waals surface area contributed by atoms with Crippen LogP contribution >= 0.6 is 0 Å². The quantitative estimate of drug-likeness (QED) is 0.510. The Morgan fingerprint density at radius 3 is 2.60 bits per heavy atom. The average Bonchev–Trinajstić information content (AvgIpc) is 1.98. The molecular formula is C10H18. The third kappa shape index (κ3) is 4.40. The highest BCUT2D eigenvalue weighted by Gasteiger charge is 1.98. The number of hydrogen-bond acceptors (Lipinski definition) is 0. The lowest BCUT2D eigenvalue weighted by Gasteiger charge is -2.06. The lowest BCUT2D eigenvalue weighted by Crippen LogP contribution is -1.92. The van der Waals surface area contributed by atoms with E-state index in [9.17, 15) is 0 Å². The molecule has 0 aliphatic rings. The van der Waals surface area contributed by atoms with Crippen LogP contribution in [-0.2, 0) is 0 Å². The number of allylic oxidation sites excluding steroid dienone is 1. The molecule has 0 aromatic carbocycles. The summed E-state index contributed by atoms with van der Waals surface area (Å²) in [5.41, 5.74) is 2.85.